The van der Waals surface area contributed by atoms with E-state index in [1.807, 2.05) is 37.4 Å². The number of carbonyl (C=O) groups excluding carboxylic acids is 1. The normalized spacial score (nSPS) is 11.4. The monoisotopic (exact) mass is 328 g/mol. The molecule has 0 spiro atoms. The van der Waals surface area contributed by atoms with E-state index >= 15 is 0 Å². The van der Waals surface area contributed by atoms with Crippen molar-refractivity contribution >= 4 is 17.2 Å². The zero-order valence-corrected chi connectivity index (χ0v) is 13.6. The van der Waals surface area contributed by atoms with E-state index in [-0.39, 0.29) is 5.91 Å². The molecule has 1 aromatic carbocycles. The predicted molar refractivity (Wildman–Crippen MR) is 86.2 cm³/mol. The minimum Gasteiger partial charge on any atom is -0.340 e. The first kappa shape index (κ1) is 15.4. The lowest BCUT2D eigenvalue weighted by atomic mass is 10.0. The highest BCUT2D eigenvalue weighted by atomic mass is 32.1. The van der Waals surface area contributed by atoms with E-state index in [1.54, 1.807) is 17.6 Å². The molecule has 7 heteroatoms. The minimum atomic E-state index is -0.739. The van der Waals surface area contributed by atoms with Crippen molar-refractivity contribution in [2.75, 3.05) is 0 Å². The Bertz CT molecular complexity index is 782. The summed E-state index contributed by atoms with van der Waals surface area (Å²) in [5.74, 6) is 0.737. The summed E-state index contributed by atoms with van der Waals surface area (Å²) in [7, 11) is 0. The molecule has 0 radical (unpaired) electrons. The van der Waals surface area contributed by atoms with Crippen molar-refractivity contribution < 1.29 is 9.32 Å². The SMILES string of the molecule is CC(C)(NC(=O)c1ccccc1)c1noc(Cc2cscn2)n1. The Labute approximate surface area is 137 Å². The molecule has 0 aliphatic heterocycles. The zero-order valence-electron chi connectivity index (χ0n) is 12.8. The van der Waals surface area contributed by atoms with E-state index in [9.17, 15) is 4.79 Å². The average Bonchev–Trinajstić information content (AvgIpc) is 3.20. The molecule has 0 fully saturated rings. The molecule has 2 heterocycles. The molecule has 0 unspecified atom stereocenters. The molecule has 0 atom stereocenters. The Morgan fingerprint density at radius 3 is 2.78 bits per heavy atom. The van der Waals surface area contributed by atoms with Gasteiger partial charge in [0.25, 0.3) is 5.91 Å². The third-order valence-corrected chi connectivity index (χ3v) is 3.94. The van der Waals surface area contributed by atoms with Crippen LogP contribution < -0.4 is 5.32 Å². The van der Waals surface area contributed by atoms with Gasteiger partial charge >= 0.3 is 0 Å². The fourth-order valence-corrected chi connectivity index (χ4v) is 2.62. The van der Waals surface area contributed by atoms with Gasteiger partial charge in [0.05, 0.1) is 23.2 Å². The number of hydrogen-bond donors (Lipinski definition) is 1. The molecule has 0 bridgehead atoms. The second-order valence-electron chi connectivity index (χ2n) is 5.61. The van der Waals surface area contributed by atoms with E-state index in [4.69, 9.17) is 4.52 Å². The van der Waals surface area contributed by atoms with Crippen LogP contribution in [0.3, 0.4) is 0 Å². The number of amides is 1. The van der Waals surface area contributed by atoms with Gasteiger partial charge in [-0.15, -0.1) is 11.3 Å². The Kier molecular flexibility index (Phi) is 4.20. The van der Waals surface area contributed by atoms with Gasteiger partial charge in [0.2, 0.25) is 5.89 Å². The smallest absolute Gasteiger partial charge is 0.252 e. The lowest BCUT2D eigenvalue weighted by Crippen LogP contribution is -2.41. The van der Waals surface area contributed by atoms with Crippen molar-refractivity contribution in [3.05, 3.63) is 64.2 Å². The highest BCUT2D eigenvalue weighted by Crippen LogP contribution is 2.19. The molecule has 118 valence electrons. The highest BCUT2D eigenvalue weighted by Gasteiger charge is 2.29. The fourth-order valence-electron chi connectivity index (χ4n) is 2.06. The number of rotatable bonds is 5. The molecule has 0 saturated heterocycles. The maximum absolute atomic E-state index is 12.3. The second-order valence-corrected chi connectivity index (χ2v) is 6.33. The zero-order chi connectivity index (χ0) is 16.3. The largest absolute Gasteiger partial charge is 0.340 e. The van der Waals surface area contributed by atoms with Crippen molar-refractivity contribution in [1.82, 2.24) is 20.4 Å². The van der Waals surface area contributed by atoms with Crippen molar-refractivity contribution in [3.63, 3.8) is 0 Å². The number of benzene rings is 1. The van der Waals surface area contributed by atoms with Crippen LogP contribution >= 0.6 is 11.3 Å². The lowest BCUT2D eigenvalue weighted by molar-refractivity contribution is 0.0907. The van der Waals surface area contributed by atoms with Crippen LogP contribution in [0.5, 0.6) is 0 Å². The standard InChI is InChI=1S/C16H16N4O2S/c1-16(2,19-14(21)11-6-4-3-5-7-11)15-18-13(22-20-15)8-12-9-23-10-17-12/h3-7,9-10H,8H2,1-2H3,(H,19,21). The van der Waals surface area contributed by atoms with Gasteiger partial charge in [-0.3, -0.25) is 4.79 Å². The van der Waals surface area contributed by atoms with Crippen molar-refractivity contribution in [3.8, 4) is 0 Å². The Morgan fingerprint density at radius 2 is 2.09 bits per heavy atom. The molecule has 2 aromatic heterocycles. The molecule has 6 nitrogen and oxygen atoms in total. The van der Waals surface area contributed by atoms with Crippen LogP contribution in [0.4, 0.5) is 0 Å². The van der Waals surface area contributed by atoms with Gasteiger partial charge in [0.15, 0.2) is 5.82 Å². The third-order valence-electron chi connectivity index (χ3n) is 3.30. The maximum atomic E-state index is 12.3. The van der Waals surface area contributed by atoms with Gasteiger partial charge in [-0.1, -0.05) is 23.4 Å². The van der Waals surface area contributed by atoms with E-state index in [1.165, 1.54) is 11.3 Å². The van der Waals surface area contributed by atoms with Crippen LogP contribution in [0.1, 0.15) is 41.6 Å². The summed E-state index contributed by atoms with van der Waals surface area (Å²) < 4.78 is 5.26. The molecule has 0 aliphatic rings. The van der Waals surface area contributed by atoms with Crippen LogP contribution in [0.25, 0.3) is 0 Å². The molecule has 3 rings (SSSR count). The number of thiazole rings is 1. The minimum absolute atomic E-state index is 0.179. The van der Waals surface area contributed by atoms with Crippen LogP contribution in [-0.2, 0) is 12.0 Å². The van der Waals surface area contributed by atoms with Gasteiger partial charge in [-0.25, -0.2) is 4.98 Å². The van der Waals surface area contributed by atoms with E-state index in [2.05, 4.69) is 20.4 Å². The van der Waals surface area contributed by atoms with Gasteiger partial charge in [0, 0.05) is 10.9 Å². The first-order valence-electron chi connectivity index (χ1n) is 7.12. The van der Waals surface area contributed by atoms with Crippen LogP contribution in [0.15, 0.2) is 45.7 Å². The molecular weight excluding hydrogens is 312 g/mol. The topological polar surface area (TPSA) is 80.9 Å². The quantitative estimate of drug-likeness (QED) is 0.779. The number of nitrogens with one attached hydrogen (secondary N) is 1. The van der Waals surface area contributed by atoms with Crippen molar-refractivity contribution in [2.24, 2.45) is 0 Å². The molecular formula is C16H16N4O2S. The van der Waals surface area contributed by atoms with Crippen LogP contribution in [0, 0.1) is 0 Å². The van der Waals surface area contributed by atoms with Crippen LogP contribution in [0.2, 0.25) is 0 Å². The molecule has 0 aliphatic carbocycles. The maximum Gasteiger partial charge on any atom is 0.252 e. The first-order valence-corrected chi connectivity index (χ1v) is 8.06. The summed E-state index contributed by atoms with van der Waals surface area (Å²) in [6.45, 7) is 3.68. The lowest BCUT2D eigenvalue weighted by Gasteiger charge is -2.22. The molecule has 1 N–H and O–H groups in total. The second kappa shape index (κ2) is 6.29. The van der Waals surface area contributed by atoms with Gasteiger partial charge in [-0.05, 0) is 26.0 Å². The molecule has 23 heavy (non-hydrogen) atoms. The van der Waals surface area contributed by atoms with Crippen LogP contribution in [-0.4, -0.2) is 21.0 Å². The summed E-state index contributed by atoms with van der Waals surface area (Å²) in [5, 5.41) is 8.85. The summed E-state index contributed by atoms with van der Waals surface area (Å²) in [6.07, 6.45) is 0.485. The Hall–Kier alpha value is -2.54. The Morgan fingerprint density at radius 1 is 1.30 bits per heavy atom. The first-order chi connectivity index (χ1) is 11.0. The average molecular weight is 328 g/mol. The van der Waals surface area contributed by atoms with E-state index in [0.29, 0.717) is 23.7 Å². The number of aromatic nitrogens is 3. The number of carbonyl (C=O) groups is 1. The summed E-state index contributed by atoms with van der Waals surface area (Å²) in [4.78, 5) is 20.9. The number of hydrogen-bond acceptors (Lipinski definition) is 6. The summed E-state index contributed by atoms with van der Waals surface area (Å²) >= 11 is 1.52. The summed E-state index contributed by atoms with van der Waals surface area (Å²) in [5.41, 5.74) is 2.50. The molecule has 3 aromatic rings. The fraction of sp³-hybridized carbons (Fsp3) is 0.250. The van der Waals surface area contributed by atoms with Crippen molar-refractivity contribution in [1.29, 1.82) is 0 Å². The highest BCUT2D eigenvalue weighted by molar-refractivity contribution is 7.07. The molecule has 0 saturated carbocycles. The van der Waals surface area contributed by atoms with E-state index < -0.39 is 5.54 Å². The number of nitrogens with zero attached hydrogens (tertiary/aromatic N) is 3. The van der Waals surface area contributed by atoms with Gasteiger partial charge in [0.1, 0.15) is 0 Å². The Balaban J connectivity index is 1.72. The van der Waals surface area contributed by atoms with Gasteiger partial charge < -0.3 is 9.84 Å². The third kappa shape index (κ3) is 3.62. The van der Waals surface area contributed by atoms with Gasteiger partial charge in [-0.2, -0.15) is 4.98 Å². The van der Waals surface area contributed by atoms with E-state index in [0.717, 1.165) is 5.69 Å². The summed E-state index contributed by atoms with van der Waals surface area (Å²) in [6, 6.07) is 9.03. The molecule has 1 amide bonds. The predicted octanol–water partition coefficient (Wildman–Crippen LogP) is 2.78. The van der Waals surface area contributed by atoms with Crippen molar-refractivity contribution in [2.45, 2.75) is 25.8 Å².